The normalized spacial score (nSPS) is 19.4. The number of piperidine rings is 1. The molecule has 1 heterocycles. The highest BCUT2D eigenvalue weighted by Gasteiger charge is 2.23. The fourth-order valence-corrected chi connectivity index (χ4v) is 2.25. The van der Waals surface area contributed by atoms with Crippen molar-refractivity contribution < 1.29 is 4.79 Å². The van der Waals surface area contributed by atoms with Gasteiger partial charge in [-0.2, -0.15) is 0 Å². The van der Waals surface area contributed by atoms with Gasteiger partial charge in [0.05, 0.1) is 13.1 Å². The van der Waals surface area contributed by atoms with Crippen LogP contribution in [-0.4, -0.2) is 18.9 Å². The van der Waals surface area contributed by atoms with Crippen LogP contribution in [0.3, 0.4) is 0 Å². The van der Waals surface area contributed by atoms with Gasteiger partial charge >= 0.3 is 0 Å². The van der Waals surface area contributed by atoms with E-state index in [-0.39, 0.29) is 10.4 Å². The van der Waals surface area contributed by atoms with E-state index >= 15 is 0 Å². The minimum absolute atomic E-state index is 0.0441. The lowest BCUT2D eigenvalue weighted by Crippen LogP contribution is -2.47. The molecule has 1 aromatic rings. The average Bonchev–Trinajstić information content (AvgIpc) is 2.30. The Morgan fingerprint density at radius 1 is 1.12 bits per heavy atom. The van der Waals surface area contributed by atoms with Crippen molar-refractivity contribution in [1.82, 2.24) is 4.65 Å². The molecule has 1 aromatic carbocycles. The molecule has 2 rings (SSSR count). The number of hydrogen-bond donors (Lipinski definition) is 0. The lowest BCUT2D eigenvalue weighted by Gasteiger charge is -2.44. The third kappa shape index (κ3) is 2.15. The number of rotatable bonds is 2. The third-order valence-corrected chi connectivity index (χ3v) is 3.28. The van der Waals surface area contributed by atoms with E-state index in [0.29, 0.717) is 18.7 Å². The minimum Gasteiger partial charge on any atom is -0.627 e. The summed E-state index contributed by atoms with van der Waals surface area (Å²) in [6.45, 7) is 2.87. The summed E-state index contributed by atoms with van der Waals surface area (Å²) in [6.07, 6.45) is 3.16. The van der Waals surface area contributed by atoms with E-state index in [9.17, 15) is 10.0 Å². The van der Waals surface area contributed by atoms with Crippen LogP contribution in [0.25, 0.3) is 0 Å². The van der Waals surface area contributed by atoms with Crippen molar-refractivity contribution in [2.75, 3.05) is 13.1 Å². The molecule has 86 valence electrons. The minimum atomic E-state index is -0.224. The van der Waals surface area contributed by atoms with E-state index in [4.69, 9.17) is 0 Å². The SMILES string of the molecule is CC(=O)c1ccc([N+]2([O-])CCCCC2)cc1. The first kappa shape index (κ1) is 11.3. The number of ketones is 1. The van der Waals surface area contributed by atoms with Crippen LogP contribution in [0.5, 0.6) is 0 Å². The number of nitrogens with zero attached hydrogens (tertiary/aromatic N) is 1. The first-order valence-electron chi connectivity index (χ1n) is 5.81. The number of hydrogen-bond acceptors (Lipinski definition) is 2. The highest BCUT2D eigenvalue weighted by atomic mass is 16.5. The van der Waals surface area contributed by atoms with Gasteiger partial charge in [0.2, 0.25) is 0 Å². The van der Waals surface area contributed by atoms with Crippen LogP contribution >= 0.6 is 0 Å². The van der Waals surface area contributed by atoms with Gasteiger partial charge in [-0.1, -0.05) is 0 Å². The summed E-state index contributed by atoms with van der Waals surface area (Å²) >= 11 is 0. The molecule has 3 nitrogen and oxygen atoms in total. The largest absolute Gasteiger partial charge is 0.627 e. The molecule has 0 atom stereocenters. The molecular weight excluding hydrogens is 202 g/mol. The number of benzene rings is 1. The topological polar surface area (TPSA) is 40.1 Å². The maximum atomic E-state index is 12.5. The number of carbonyl (C=O) groups excluding carboxylic acids is 1. The van der Waals surface area contributed by atoms with Crippen LogP contribution in [0.1, 0.15) is 36.5 Å². The van der Waals surface area contributed by atoms with E-state index < -0.39 is 0 Å². The molecule has 0 N–H and O–H groups in total. The zero-order valence-corrected chi connectivity index (χ0v) is 9.61. The summed E-state index contributed by atoms with van der Waals surface area (Å²) in [5, 5.41) is 12.5. The molecule has 0 unspecified atom stereocenters. The second kappa shape index (κ2) is 4.36. The number of hydroxylamine groups is 2. The lowest BCUT2D eigenvalue weighted by molar-refractivity contribution is 0.101. The molecule has 16 heavy (non-hydrogen) atoms. The predicted octanol–water partition coefficient (Wildman–Crippen LogP) is 2.88. The van der Waals surface area contributed by atoms with Gasteiger partial charge in [0.15, 0.2) is 5.78 Å². The predicted molar refractivity (Wildman–Crippen MR) is 65.2 cm³/mol. The molecule has 0 aromatic heterocycles. The van der Waals surface area contributed by atoms with Crippen LogP contribution in [0.4, 0.5) is 5.69 Å². The van der Waals surface area contributed by atoms with Crippen LogP contribution in [0.2, 0.25) is 0 Å². The summed E-state index contributed by atoms with van der Waals surface area (Å²) in [7, 11) is 0. The molecular formula is C13H17NO2. The Hall–Kier alpha value is -1.19. The van der Waals surface area contributed by atoms with Crippen molar-refractivity contribution in [3.8, 4) is 0 Å². The summed E-state index contributed by atoms with van der Waals surface area (Å²) in [5.74, 6) is 0.0441. The van der Waals surface area contributed by atoms with Gasteiger partial charge in [-0.05, 0) is 38.3 Å². The molecule has 1 aliphatic rings. The molecule has 0 spiro atoms. The Morgan fingerprint density at radius 2 is 1.69 bits per heavy atom. The number of Topliss-reactive ketones (excluding diaryl/α,β-unsaturated/α-hetero) is 1. The van der Waals surface area contributed by atoms with Crippen molar-refractivity contribution in [1.29, 1.82) is 0 Å². The van der Waals surface area contributed by atoms with Gasteiger partial charge in [0, 0.05) is 17.7 Å². The number of carbonyl (C=O) groups is 1. The van der Waals surface area contributed by atoms with Gasteiger partial charge in [0.25, 0.3) is 0 Å². The van der Waals surface area contributed by atoms with Gasteiger partial charge in [-0.3, -0.25) is 4.79 Å². The fourth-order valence-electron chi connectivity index (χ4n) is 2.25. The second-order valence-electron chi connectivity index (χ2n) is 4.50. The summed E-state index contributed by atoms with van der Waals surface area (Å²) < 4.78 is -0.224. The van der Waals surface area contributed by atoms with Crippen molar-refractivity contribution >= 4 is 11.5 Å². The zero-order chi connectivity index (χ0) is 11.6. The maximum Gasteiger partial charge on any atom is 0.159 e. The molecule has 0 aliphatic carbocycles. The Bertz CT molecular complexity index is 377. The highest BCUT2D eigenvalue weighted by molar-refractivity contribution is 5.94. The van der Waals surface area contributed by atoms with Crippen molar-refractivity contribution in [2.45, 2.75) is 26.2 Å². The van der Waals surface area contributed by atoms with E-state index in [1.54, 1.807) is 24.3 Å². The molecule has 0 bridgehead atoms. The molecule has 0 radical (unpaired) electrons. The molecule has 1 fully saturated rings. The van der Waals surface area contributed by atoms with E-state index in [1.807, 2.05) is 0 Å². The standard InChI is InChI=1S/C13H17NO2/c1-11(15)12-5-7-13(8-6-12)14(16)9-3-2-4-10-14/h5-8H,2-4,9-10H2,1H3. The summed E-state index contributed by atoms with van der Waals surface area (Å²) in [5.41, 5.74) is 1.46. The first-order valence-corrected chi connectivity index (χ1v) is 5.81. The summed E-state index contributed by atoms with van der Waals surface area (Å²) in [6, 6.07) is 7.11. The zero-order valence-electron chi connectivity index (χ0n) is 9.61. The quantitative estimate of drug-likeness (QED) is 0.436. The van der Waals surface area contributed by atoms with Crippen LogP contribution < -0.4 is 4.65 Å². The summed E-state index contributed by atoms with van der Waals surface area (Å²) in [4.78, 5) is 11.1. The average molecular weight is 219 g/mol. The molecule has 0 saturated carbocycles. The molecule has 3 heteroatoms. The first-order chi connectivity index (χ1) is 7.62. The van der Waals surface area contributed by atoms with Crippen molar-refractivity contribution in [3.63, 3.8) is 0 Å². The Kier molecular flexibility index (Phi) is 3.08. The molecule has 1 saturated heterocycles. The van der Waals surface area contributed by atoms with Gasteiger partial charge in [0.1, 0.15) is 5.69 Å². The van der Waals surface area contributed by atoms with E-state index in [2.05, 4.69) is 0 Å². The Balaban J connectivity index is 2.23. The fraction of sp³-hybridized carbons (Fsp3) is 0.462. The van der Waals surface area contributed by atoms with Crippen molar-refractivity contribution in [2.24, 2.45) is 0 Å². The lowest BCUT2D eigenvalue weighted by atomic mass is 10.1. The van der Waals surface area contributed by atoms with Gasteiger partial charge in [-0.25, -0.2) is 0 Å². The van der Waals surface area contributed by atoms with Crippen LogP contribution in [0.15, 0.2) is 24.3 Å². The highest BCUT2D eigenvalue weighted by Crippen LogP contribution is 2.27. The van der Waals surface area contributed by atoms with Gasteiger partial charge in [-0.15, -0.1) is 0 Å². The van der Waals surface area contributed by atoms with Crippen LogP contribution in [0, 0.1) is 5.21 Å². The smallest absolute Gasteiger partial charge is 0.159 e. The second-order valence-corrected chi connectivity index (χ2v) is 4.50. The van der Waals surface area contributed by atoms with E-state index in [1.165, 1.54) is 6.92 Å². The van der Waals surface area contributed by atoms with Crippen molar-refractivity contribution in [3.05, 3.63) is 35.0 Å². The molecule has 1 aliphatic heterocycles. The monoisotopic (exact) mass is 219 g/mol. The number of quaternary nitrogens is 1. The third-order valence-electron chi connectivity index (χ3n) is 3.28. The Labute approximate surface area is 95.9 Å². The maximum absolute atomic E-state index is 12.5. The van der Waals surface area contributed by atoms with Gasteiger partial charge < -0.3 is 9.85 Å². The van der Waals surface area contributed by atoms with Crippen LogP contribution in [-0.2, 0) is 0 Å². The Morgan fingerprint density at radius 3 is 2.19 bits per heavy atom. The molecule has 0 amide bonds. The van der Waals surface area contributed by atoms with E-state index in [0.717, 1.165) is 24.9 Å².